The van der Waals surface area contributed by atoms with E-state index < -0.39 is 0 Å². The molecule has 2 aliphatic carbocycles. The van der Waals surface area contributed by atoms with E-state index in [-0.39, 0.29) is 16.8 Å². The van der Waals surface area contributed by atoms with Crippen molar-refractivity contribution in [3.63, 3.8) is 0 Å². The van der Waals surface area contributed by atoms with Crippen LogP contribution in [0.5, 0.6) is 0 Å². The Balaban J connectivity index is 2.08. The maximum absolute atomic E-state index is 11.0. The standard InChI is InChI=1S/C7H9BrO2/c8-7-4-2-5(9)3(4)1-6(7)10/h3-4,6-7,10H,1-2H2/t3-,4-,6?,7+/m1/s1/i10T. The number of aliphatic hydroxyl groups is 1. The summed E-state index contributed by atoms with van der Waals surface area (Å²) in [6, 6.07) is 0. The maximum Gasteiger partial charge on any atom is 0.211 e. The Kier molecular flexibility index (Phi) is 1.17. The molecule has 0 aromatic carbocycles. The largest absolute Gasteiger partial charge is 0.392 e. The highest BCUT2D eigenvalue weighted by Gasteiger charge is 2.51. The molecule has 0 radical (unpaired) electrons. The van der Waals surface area contributed by atoms with Gasteiger partial charge in [-0.2, -0.15) is 0 Å². The lowest BCUT2D eigenvalue weighted by molar-refractivity contribution is -0.132. The number of hydrogen-bond donors (Lipinski definition) is 1. The van der Waals surface area contributed by atoms with Crippen molar-refractivity contribution in [3.8, 4) is 0 Å². The van der Waals surface area contributed by atoms with Crippen molar-refractivity contribution in [2.75, 3.05) is 0 Å². The van der Waals surface area contributed by atoms with E-state index in [1.165, 1.54) is 0 Å². The number of carbonyl (C=O) groups is 1. The molecule has 2 nitrogen and oxygen atoms in total. The van der Waals surface area contributed by atoms with Gasteiger partial charge in [-0.25, -0.2) is 0 Å². The van der Waals surface area contributed by atoms with Gasteiger partial charge in [-0.15, -0.1) is 0 Å². The summed E-state index contributed by atoms with van der Waals surface area (Å²) in [5.74, 6) is 0.978. The van der Waals surface area contributed by atoms with E-state index in [9.17, 15) is 4.79 Å². The second-order valence-electron chi connectivity index (χ2n) is 3.16. The van der Waals surface area contributed by atoms with Crippen molar-refractivity contribution in [2.24, 2.45) is 11.8 Å². The van der Waals surface area contributed by atoms with E-state index >= 15 is 0 Å². The topological polar surface area (TPSA) is 37.3 Å². The average molecular weight is 207 g/mol. The number of Topliss-reactive ketones (excluding diaryl/α,β-unsaturated/α-hetero) is 1. The molecule has 56 valence electrons. The van der Waals surface area contributed by atoms with Gasteiger partial charge in [0.05, 0.1) is 6.10 Å². The van der Waals surface area contributed by atoms with Gasteiger partial charge in [-0.3, -0.25) is 4.79 Å². The predicted octanol–water partition coefficient (Wildman–Crippen LogP) is 0.720. The van der Waals surface area contributed by atoms with Gasteiger partial charge in [0.25, 0.3) is 0 Å². The molecule has 10 heavy (non-hydrogen) atoms. The van der Waals surface area contributed by atoms with E-state index in [2.05, 4.69) is 21.0 Å². The van der Waals surface area contributed by atoms with Crippen molar-refractivity contribution in [2.45, 2.75) is 23.8 Å². The van der Waals surface area contributed by atoms with E-state index in [0.717, 1.165) is 6.42 Å². The van der Waals surface area contributed by atoms with Gasteiger partial charge in [0, 0.05) is 17.2 Å². The van der Waals surface area contributed by atoms with Crippen LogP contribution in [0.25, 0.3) is 0 Å². The number of carbonyl (C=O) groups excluding carboxylic acids is 1. The molecule has 2 rings (SSSR count). The van der Waals surface area contributed by atoms with Gasteiger partial charge >= 0.3 is 0 Å². The second kappa shape index (κ2) is 2.05. The minimum atomic E-state index is -0.0727. The lowest BCUT2D eigenvalue weighted by Gasteiger charge is -2.29. The number of hydrogen-bond acceptors (Lipinski definition) is 2. The zero-order valence-corrected chi connectivity index (χ0v) is 7.00. The minimum absolute atomic E-state index is 0.0727. The molecule has 0 amide bonds. The summed E-state index contributed by atoms with van der Waals surface area (Å²) in [4.78, 5) is 11.2. The lowest BCUT2D eigenvalue weighted by Crippen LogP contribution is -2.36. The van der Waals surface area contributed by atoms with Crippen molar-refractivity contribution in [1.82, 2.24) is 0 Å². The molecule has 0 saturated heterocycles. The van der Waals surface area contributed by atoms with Gasteiger partial charge in [-0.05, 0) is 12.3 Å². The van der Waals surface area contributed by atoms with Crippen molar-refractivity contribution >= 4 is 21.7 Å². The predicted molar refractivity (Wildman–Crippen MR) is 39.9 cm³/mol. The molecule has 2 aliphatic rings. The van der Waals surface area contributed by atoms with E-state index in [4.69, 9.17) is 1.43 Å². The SMILES string of the molecule is [3H]OC1C[C@H]2C(=O)C[C@H]2[C@@H]1Br. The van der Waals surface area contributed by atoms with E-state index in [1.807, 2.05) is 0 Å². The first-order valence-corrected chi connectivity index (χ1v) is 4.44. The summed E-state index contributed by atoms with van der Waals surface area (Å²) in [6.07, 6.45) is 1.35. The quantitative estimate of drug-likeness (QED) is 0.643. The zero-order valence-electron chi connectivity index (χ0n) is 6.42. The van der Waals surface area contributed by atoms with Gasteiger partial charge in [0.2, 0.25) is 1.43 Å². The molecular weight excluding hydrogens is 196 g/mol. The number of fused-ring (bicyclic) bond motifs is 1. The highest BCUT2D eigenvalue weighted by molar-refractivity contribution is 9.09. The van der Waals surface area contributed by atoms with Crippen LogP contribution in [-0.2, 0) is 4.79 Å². The first-order valence-electron chi connectivity index (χ1n) is 3.93. The smallest absolute Gasteiger partial charge is 0.211 e. The summed E-state index contributed by atoms with van der Waals surface area (Å²) < 4.78 is 6.76. The number of rotatable bonds is 1. The Bertz CT molecular complexity index is 197. The van der Waals surface area contributed by atoms with Crippen molar-refractivity contribution in [3.05, 3.63) is 0 Å². The molecule has 0 aromatic heterocycles. The normalized spacial score (nSPS) is 53.7. The molecule has 0 heterocycles. The molecule has 2 fully saturated rings. The Morgan fingerprint density at radius 3 is 3.10 bits per heavy atom. The van der Waals surface area contributed by atoms with Crippen LogP contribution >= 0.6 is 15.9 Å². The van der Waals surface area contributed by atoms with Gasteiger partial charge in [0.15, 0.2) is 0 Å². The van der Waals surface area contributed by atoms with Gasteiger partial charge in [0.1, 0.15) is 5.78 Å². The molecule has 3 heteroatoms. The summed E-state index contributed by atoms with van der Waals surface area (Å²) in [7, 11) is 0. The van der Waals surface area contributed by atoms with Crippen LogP contribution < -0.4 is 0 Å². The number of halogens is 1. The average Bonchev–Trinajstić information content (AvgIpc) is 2.24. The Hall–Kier alpha value is 0.110. The molecule has 0 bridgehead atoms. The van der Waals surface area contributed by atoms with Crippen LogP contribution in [0.3, 0.4) is 0 Å². The summed E-state index contributed by atoms with van der Waals surface area (Å²) in [6.45, 7) is 0. The fourth-order valence-electron chi connectivity index (χ4n) is 1.90. The van der Waals surface area contributed by atoms with Crippen LogP contribution in [0.4, 0.5) is 0 Å². The molecule has 1 N–H and O–H groups in total. The number of ketones is 1. The van der Waals surface area contributed by atoms with Crippen LogP contribution in [0.1, 0.15) is 12.8 Å². The molecule has 1 unspecified atom stereocenters. The number of aliphatic hydroxyl groups excluding tert-OH is 1. The summed E-state index contributed by atoms with van der Waals surface area (Å²) in [5.41, 5.74) is 0. The maximum atomic E-state index is 11.0. The van der Waals surface area contributed by atoms with E-state index in [0.29, 0.717) is 18.1 Å². The Morgan fingerprint density at radius 2 is 2.60 bits per heavy atom. The third-order valence-electron chi connectivity index (χ3n) is 2.62. The summed E-state index contributed by atoms with van der Waals surface area (Å²) >= 11 is 3.45. The Morgan fingerprint density at radius 1 is 1.80 bits per heavy atom. The third-order valence-corrected chi connectivity index (χ3v) is 3.89. The molecule has 2 saturated carbocycles. The zero-order chi connectivity index (χ0) is 8.01. The number of alkyl halides is 1. The first-order chi connectivity index (χ1) is 5.24. The first kappa shape index (κ1) is 5.72. The van der Waals surface area contributed by atoms with Crippen LogP contribution in [0.15, 0.2) is 0 Å². The van der Waals surface area contributed by atoms with Crippen LogP contribution in [0.2, 0.25) is 0 Å². The van der Waals surface area contributed by atoms with Crippen LogP contribution in [0, 0.1) is 11.8 Å². The monoisotopic (exact) mass is 206 g/mol. The minimum Gasteiger partial charge on any atom is -0.392 e. The fraction of sp³-hybridized carbons (Fsp3) is 0.857. The van der Waals surface area contributed by atoms with Crippen molar-refractivity contribution in [1.29, 1.82) is 1.43 Å². The third kappa shape index (κ3) is 0.705. The highest BCUT2D eigenvalue weighted by atomic mass is 79.9. The van der Waals surface area contributed by atoms with E-state index in [1.54, 1.807) is 0 Å². The second-order valence-corrected chi connectivity index (χ2v) is 4.22. The lowest BCUT2D eigenvalue weighted by atomic mass is 9.75. The highest BCUT2D eigenvalue weighted by Crippen LogP contribution is 2.47. The van der Waals surface area contributed by atoms with Gasteiger partial charge < -0.3 is 5.11 Å². The molecular formula is C7H9BrO2. The summed E-state index contributed by atoms with van der Waals surface area (Å²) in [5, 5.41) is 4.50. The van der Waals surface area contributed by atoms with Crippen molar-refractivity contribution < 1.29 is 9.90 Å². The Labute approximate surface area is 69.2 Å². The van der Waals surface area contributed by atoms with Gasteiger partial charge in [-0.1, -0.05) is 15.9 Å². The molecule has 4 atom stereocenters. The molecule has 0 aliphatic heterocycles. The molecule has 0 spiro atoms. The molecule has 0 aromatic rings. The fourth-order valence-corrected chi connectivity index (χ4v) is 2.67. The van der Waals surface area contributed by atoms with Crippen LogP contribution in [-0.4, -0.2) is 23.3 Å².